The lowest BCUT2D eigenvalue weighted by Crippen LogP contribution is -2.30. The number of phosphoric acid groups is 2. The zero-order valence-corrected chi connectivity index (χ0v) is 64.5. The van der Waals surface area contributed by atoms with Crippen molar-refractivity contribution in [3.8, 4) is 0 Å². The lowest BCUT2D eigenvalue weighted by atomic mass is 9.99. The van der Waals surface area contributed by atoms with Crippen LogP contribution in [0.3, 0.4) is 0 Å². The van der Waals surface area contributed by atoms with Gasteiger partial charge in [-0.05, 0) is 37.5 Å². The van der Waals surface area contributed by atoms with Crippen LogP contribution < -0.4 is 0 Å². The molecule has 570 valence electrons. The molecule has 0 bridgehead atoms. The van der Waals surface area contributed by atoms with Crippen LogP contribution in [0.15, 0.2) is 0 Å². The van der Waals surface area contributed by atoms with Crippen LogP contribution in [0.4, 0.5) is 0 Å². The zero-order chi connectivity index (χ0) is 70.7. The third kappa shape index (κ3) is 69.2. The summed E-state index contributed by atoms with van der Waals surface area (Å²) in [5.41, 5.74) is 0. The maximum absolute atomic E-state index is 13.1. The van der Waals surface area contributed by atoms with E-state index in [9.17, 15) is 43.2 Å². The van der Waals surface area contributed by atoms with E-state index in [1.165, 1.54) is 218 Å². The fourth-order valence-electron chi connectivity index (χ4n) is 11.8. The average molecular weight is 1410 g/mol. The summed E-state index contributed by atoms with van der Waals surface area (Å²) in [6, 6.07) is 0. The molecule has 6 atom stereocenters. The summed E-state index contributed by atoms with van der Waals surface area (Å²) in [4.78, 5) is 72.7. The Bertz CT molecular complexity index is 1860. The van der Waals surface area contributed by atoms with E-state index in [1.54, 1.807) is 0 Å². The van der Waals surface area contributed by atoms with Crippen molar-refractivity contribution in [2.45, 2.75) is 419 Å². The first-order chi connectivity index (χ1) is 46.4. The van der Waals surface area contributed by atoms with Crippen LogP contribution in [0.5, 0.6) is 0 Å². The Morgan fingerprint density at radius 3 is 0.792 bits per heavy atom. The number of carbonyl (C=O) groups excluding carboxylic acids is 4. The van der Waals surface area contributed by atoms with E-state index in [2.05, 4.69) is 41.5 Å². The number of carbonyl (C=O) groups is 4. The number of rotatable bonds is 76. The average Bonchev–Trinajstić information content (AvgIpc) is 1.14. The Hall–Kier alpha value is -1.94. The van der Waals surface area contributed by atoms with Crippen LogP contribution in [0, 0.1) is 11.8 Å². The van der Waals surface area contributed by atoms with E-state index >= 15 is 0 Å². The van der Waals surface area contributed by atoms with Gasteiger partial charge in [-0.1, -0.05) is 350 Å². The lowest BCUT2D eigenvalue weighted by molar-refractivity contribution is -0.161. The number of phosphoric ester groups is 2. The van der Waals surface area contributed by atoms with Gasteiger partial charge >= 0.3 is 39.5 Å². The van der Waals surface area contributed by atoms with E-state index < -0.39 is 97.5 Å². The van der Waals surface area contributed by atoms with Gasteiger partial charge in [-0.2, -0.15) is 0 Å². The largest absolute Gasteiger partial charge is 0.472 e. The third-order valence-corrected chi connectivity index (χ3v) is 20.2. The van der Waals surface area contributed by atoms with Crippen LogP contribution >= 0.6 is 15.6 Å². The molecule has 0 aliphatic heterocycles. The summed E-state index contributed by atoms with van der Waals surface area (Å²) in [7, 11) is -9.91. The van der Waals surface area contributed by atoms with Crippen LogP contribution in [0.2, 0.25) is 0 Å². The zero-order valence-electron chi connectivity index (χ0n) is 62.7. The van der Waals surface area contributed by atoms with Crippen molar-refractivity contribution in [3.05, 3.63) is 0 Å². The van der Waals surface area contributed by atoms with E-state index in [0.29, 0.717) is 31.6 Å². The van der Waals surface area contributed by atoms with Gasteiger partial charge in [0.05, 0.1) is 26.4 Å². The Morgan fingerprint density at radius 1 is 0.302 bits per heavy atom. The van der Waals surface area contributed by atoms with Crippen molar-refractivity contribution in [1.82, 2.24) is 0 Å². The highest BCUT2D eigenvalue weighted by Crippen LogP contribution is 2.45. The predicted octanol–water partition coefficient (Wildman–Crippen LogP) is 22.7. The molecule has 3 unspecified atom stereocenters. The number of aliphatic hydroxyl groups is 1. The molecule has 0 spiro atoms. The molecule has 0 aromatic heterocycles. The summed E-state index contributed by atoms with van der Waals surface area (Å²) in [5, 5.41) is 10.6. The molecule has 17 nitrogen and oxygen atoms in total. The van der Waals surface area contributed by atoms with Crippen molar-refractivity contribution in [1.29, 1.82) is 0 Å². The number of esters is 4. The third-order valence-electron chi connectivity index (χ3n) is 18.3. The molecule has 96 heavy (non-hydrogen) atoms. The van der Waals surface area contributed by atoms with Crippen LogP contribution in [0.25, 0.3) is 0 Å². The number of aliphatic hydroxyl groups excluding tert-OH is 1. The molecule has 0 saturated heterocycles. The van der Waals surface area contributed by atoms with Crippen molar-refractivity contribution in [3.63, 3.8) is 0 Å². The molecule has 0 radical (unpaired) electrons. The molecule has 0 aromatic rings. The molecule has 0 amide bonds. The fraction of sp³-hybridized carbons (Fsp3) is 0.948. The van der Waals surface area contributed by atoms with Gasteiger partial charge in [0.25, 0.3) is 0 Å². The summed E-state index contributed by atoms with van der Waals surface area (Å²) >= 11 is 0. The van der Waals surface area contributed by atoms with Gasteiger partial charge in [0.2, 0.25) is 0 Å². The molecule has 0 aromatic carbocycles. The first-order valence-corrected chi connectivity index (χ1v) is 43.0. The Labute approximate surface area is 588 Å². The second-order valence-corrected chi connectivity index (χ2v) is 31.4. The lowest BCUT2D eigenvalue weighted by Gasteiger charge is -2.21. The minimum absolute atomic E-state index is 0.104. The van der Waals surface area contributed by atoms with E-state index in [0.717, 1.165) is 95.8 Å². The summed E-state index contributed by atoms with van der Waals surface area (Å²) in [6.07, 6.45) is 57.0. The van der Waals surface area contributed by atoms with Gasteiger partial charge in [0.1, 0.15) is 19.3 Å². The SMILES string of the molecule is CCCCCCCCCCCCCCCCCC(=O)OC[C@H](COP(=O)(O)OC[C@@H](O)COP(=O)(O)OC[C@@H](COC(=O)CCCCCCCCCCC)OC(=O)CCCCCCCCCC(C)C)OC(=O)CCCCCCCCCCCCCCCCCCCCC(C)CC. The predicted molar refractivity (Wildman–Crippen MR) is 391 cm³/mol. The highest BCUT2D eigenvalue weighted by atomic mass is 31.2. The van der Waals surface area contributed by atoms with Crippen molar-refractivity contribution in [2.75, 3.05) is 39.6 Å². The molecule has 3 N–H and O–H groups in total. The summed E-state index contributed by atoms with van der Waals surface area (Å²) < 4.78 is 68.5. The molecule has 19 heteroatoms. The summed E-state index contributed by atoms with van der Waals surface area (Å²) in [6.45, 7) is 9.59. The Kier molecular flexibility index (Phi) is 67.4. The number of hydrogen-bond acceptors (Lipinski definition) is 15. The molecule has 0 saturated carbocycles. The van der Waals surface area contributed by atoms with Gasteiger partial charge in [0.15, 0.2) is 12.2 Å². The first-order valence-electron chi connectivity index (χ1n) is 40.0. The van der Waals surface area contributed by atoms with E-state index in [1.807, 2.05) is 0 Å². The molecule has 0 fully saturated rings. The minimum Gasteiger partial charge on any atom is -0.462 e. The maximum Gasteiger partial charge on any atom is 0.472 e. The van der Waals surface area contributed by atoms with Crippen molar-refractivity contribution >= 4 is 39.5 Å². The van der Waals surface area contributed by atoms with E-state index in [-0.39, 0.29) is 25.7 Å². The number of unbranched alkanes of at least 4 members (excludes halogenated alkanes) is 45. The van der Waals surface area contributed by atoms with Crippen LogP contribution in [-0.4, -0.2) is 96.7 Å². The van der Waals surface area contributed by atoms with Gasteiger partial charge in [0, 0.05) is 25.7 Å². The van der Waals surface area contributed by atoms with Crippen LogP contribution in [-0.2, 0) is 65.4 Å². The second kappa shape index (κ2) is 68.8. The molecular formula is C77H150O17P2. The van der Waals surface area contributed by atoms with Gasteiger partial charge in [-0.15, -0.1) is 0 Å². The highest BCUT2D eigenvalue weighted by Gasteiger charge is 2.30. The van der Waals surface area contributed by atoms with Gasteiger partial charge < -0.3 is 33.8 Å². The second-order valence-electron chi connectivity index (χ2n) is 28.5. The van der Waals surface area contributed by atoms with Gasteiger partial charge in [-0.3, -0.25) is 37.3 Å². The molecule has 0 aliphatic carbocycles. The minimum atomic E-state index is -4.96. The number of ether oxygens (including phenoxy) is 4. The van der Waals surface area contributed by atoms with E-state index in [4.69, 9.17) is 37.0 Å². The molecule has 0 rings (SSSR count). The maximum atomic E-state index is 13.1. The normalized spacial score (nSPS) is 14.3. The monoisotopic (exact) mass is 1410 g/mol. The highest BCUT2D eigenvalue weighted by molar-refractivity contribution is 7.47. The number of hydrogen-bond donors (Lipinski definition) is 3. The molecule has 0 heterocycles. The molecular weight excluding hydrogens is 1260 g/mol. The summed E-state index contributed by atoms with van der Waals surface area (Å²) in [5.74, 6) is -0.551. The fourth-order valence-corrected chi connectivity index (χ4v) is 13.4. The quantitative estimate of drug-likeness (QED) is 0.0222. The standard InChI is InChI=1S/C77H150O17P2/c1-7-10-12-14-16-18-19-20-25-29-32-36-42-48-54-60-75(80)88-65-72(93-76(81)61-55-49-43-37-33-30-27-24-22-21-23-26-28-31-35-40-46-52-58-70(6)9-3)67-91-95(83,84)89-63-71(78)64-90-96(85,86)92-68-73(66-87-74(79)59-53-47-41-34-17-15-13-11-8-2)94-77(82)62-56-50-44-38-39-45-51-57-69(4)5/h69-73,78H,7-68H2,1-6H3,(H,83,84)(H,85,86)/t70?,71-,72-,73-/m1/s1. The Morgan fingerprint density at radius 2 is 0.531 bits per heavy atom. The Balaban J connectivity index is 5.17. The topological polar surface area (TPSA) is 237 Å². The smallest absolute Gasteiger partial charge is 0.462 e. The van der Waals surface area contributed by atoms with Crippen molar-refractivity contribution < 1.29 is 80.2 Å². The van der Waals surface area contributed by atoms with Crippen molar-refractivity contribution in [2.24, 2.45) is 11.8 Å². The first kappa shape index (κ1) is 94.1. The van der Waals surface area contributed by atoms with Gasteiger partial charge in [-0.25, -0.2) is 9.13 Å². The molecule has 0 aliphatic rings. The van der Waals surface area contributed by atoms with Crippen LogP contribution in [0.1, 0.15) is 401 Å².